The summed E-state index contributed by atoms with van der Waals surface area (Å²) in [7, 11) is -1.81. The molecule has 0 bridgehead atoms. The van der Waals surface area contributed by atoms with E-state index >= 15 is 0 Å². The number of fused-ring (bicyclic) bond motifs is 3. The highest BCUT2D eigenvalue weighted by Gasteiger charge is 2.36. The lowest BCUT2D eigenvalue weighted by Gasteiger charge is -2.29. The van der Waals surface area contributed by atoms with Crippen molar-refractivity contribution in [2.45, 2.75) is 82.8 Å². The number of nitrogens with zero attached hydrogens (tertiary/aromatic N) is 9. The zero-order chi connectivity index (χ0) is 69.6. The monoisotopic (exact) mass is 1340 g/mol. The molecule has 8 aromatic carbocycles. The molecule has 0 N–H and O–H groups in total. The van der Waals surface area contributed by atoms with Crippen LogP contribution in [0.15, 0.2) is 213 Å². The standard InChI is InChI=1S/C25H19F4N3O2.C24H19F4N3O3S.C22H26FN3O/c1-15(31(2)23(33)16-6-5-7-17(14-16)25(27,28)29)22-30-21-9-4-3-8-20(21)24(34)32(22)19-12-10-18(26)11-13-19;1-15(30(2)35(33,34)19-7-5-6-16(14-19)24(26,27)28)22-29-21-9-4-3-8-20(21)23(32)31(22)18-12-10-17(25)11-13-18;1-4-14-25(15-5-2)16(3)21-24-20-9-7-6-8-19(20)22(27)26(21)18-12-10-17(23)11-13-18/h3-15H,1-2H3;3-15H,1-2H3;6-13,16H,4-5,14-15H2,1-3H3. The Morgan fingerprint density at radius 2 is 0.802 bits per heavy atom. The Bertz CT molecular complexity index is 4930. The molecule has 0 spiro atoms. The van der Waals surface area contributed by atoms with Gasteiger partial charge in [0, 0.05) is 19.7 Å². The lowest BCUT2D eigenvalue weighted by Crippen LogP contribution is -2.35. The van der Waals surface area contributed by atoms with Crippen molar-refractivity contribution in [3.05, 3.63) is 277 Å². The van der Waals surface area contributed by atoms with Gasteiger partial charge in [-0.3, -0.25) is 37.8 Å². The van der Waals surface area contributed by atoms with Crippen LogP contribution < -0.4 is 16.7 Å². The van der Waals surface area contributed by atoms with Crippen LogP contribution in [0.2, 0.25) is 0 Å². The van der Waals surface area contributed by atoms with E-state index in [0.29, 0.717) is 50.6 Å². The maximum atomic E-state index is 13.5. The van der Waals surface area contributed by atoms with Gasteiger partial charge in [0.25, 0.3) is 22.6 Å². The van der Waals surface area contributed by atoms with Crippen LogP contribution in [-0.4, -0.2) is 84.3 Å². The summed E-state index contributed by atoms with van der Waals surface area (Å²) in [5, 5.41) is 1.15. The number of halogens is 9. The SMILES string of the molecule is CC(c1nc2ccccc2c(=O)n1-c1ccc(F)cc1)N(C)C(=O)c1cccc(C(F)(F)F)c1.CC(c1nc2ccccc2c(=O)n1-c1ccc(F)cc1)N(C)S(=O)(=O)c1cccc(C(F)(F)F)c1.CCCN(CCC)C(C)c1nc2ccccc2c(=O)n1-c1ccc(F)cc1. The Hall–Kier alpha value is -10.1. The number of hydrogen-bond donors (Lipinski definition) is 0. The molecule has 15 nitrogen and oxygen atoms in total. The first-order valence-electron chi connectivity index (χ1n) is 30.2. The predicted molar refractivity (Wildman–Crippen MR) is 349 cm³/mol. The number of rotatable bonds is 16. The van der Waals surface area contributed by atoms with Crippen molar-refractivity contribution in [3.8, 4) is 17.1 Å². The van der Waals surface area contributed by atoms with Crippen LogP contribution in [0.4, 0.5) is 39.5 Å². The van der Waals surface area contributed by atoms with Gasteiger partial charge in [-0.2, -0.15) is 30.6 Å². The quantitative estimate of drug-likeness (QED) is 0.0850. The fraction of sp³-hybridized carbons (Fsp3) is 0.225. The van der Waals surface area contributed by atoms with Crippen LogP contribution in [-0.2, 0) is 22.4 Å². The van der Waals surface area contributed by atoms with Crippen molar-refractivity contribution in [2.24, 2.45) is 0 Å². The zero-order valence-electron chi connectivity index (χ0n) is 52.8. The Balaban J connectivity index is 0.000000171. The summed E-state index contributed by atoms with van der Waals surface area (Å²) in [6, 6.07) is 42.3. The van der Waals surface area contributed by atoms with Crippen molar-refractivity contribution >= 4 is 48.6 Å². The summed E-state index contributed by atoms with van der Waals surface area (Å²) in [5.41, 5.74) is -0.623. The summed E-state index contributed by atoms with van der Waals surface area (Å²) in [6.45, 7) is 11.3. The van der Waals surface area contributed by atoms with Gasteiger partial charge in [0.1, 0.15) is 34.9 Å². The molecule has 3 aromatic heterocycles. The lowest BCUT2D eigenvalue weighted by molar-refractivity contribution is -0.138. The van der Waals surface area contributed by atoms with Crippen molar-refractivity contribution in [3.63, 3.8) is 0 Å². The molecule has 0 aliphatic rings. The second kappa shape index (κ2) is 29.3. The Morgan fingerprint density at radius 1 is 0.458 bits per heavy atom. The number of sulfonamides is 1. The van der Waals surface area contributed by atoms with Crippen LogP contribution in [0.3, 0.4) is 0 Å². The molecule has 0 radical (unpaired) electrons. The van der Waals surface area contributed by atoms with Crippen molar-refractivity contribution in [2.75, 3.05) is 27.2 Å². The second-order valence-electron chi connectivity index (χ2n) is 22.4. The number of benzene rings is 8. The lowest BCUT2D eigenvalue weighted by atomic mass is 10.1. The van der Waals surface area contributed by atoms with Crippen LogP contribution in [0.1, 0.15) is 105 Å². The van der Waals surface area contributed by atoms with Crippen LogP contribution in [0.25, 0.3) is 49.8 Å². The third-order valence-electron chi connectivity index (χ3n) is 16.1. The molecule has 0 aliphatic heterocycles. The van der Waals surface area contributed by atoms with Gasteiger partial charge in [0.15, 0.2) is 0 Å². The number of alkyl halides is 6. The molecular weight excluding hydrogens is 1280 g/mol. The summed E-state index contributed by atoms with van der Waals surface area (Å²) >= 11 is 0. The molecule has 25 heteroatoms. The topological polar surface area (TPSA) is 166 Å². The van der Waals surface area contributed by atoms with E-state index in [-0.39, 0.29) is 45.7 Å². The highest BCUT2D eigenvalue weighted by molar-refractivity contribution is 7.89. The Kier molecular flexibility index (Phi) is 21.4. The fourth-order valence-electron chi connectivity index (χ4n) is 10.8. The van der Waals surface area contributed by atoms with Gasteiger partial charge < -0.3 is 4.90 Å². The number of carbonyl (C=O) groups is 1. The van der Waals surface area contributed by atoms with Crippen molar-refractivity contribution in [1.29, 1.82) is 0 Å². The normalized spacial score (nSPS) is 12.9. The molecule has 0 aliphatic carbocycles. The van der Waals surface area contributed by atoms with Gasteiger partial charge in [-0.1, -0.05) is 62.4 Å². The fourth-order valence-corrected chi connectivity index (χ4v) is 12.2. The van der Waals surface area contributed by atoms with Crippen molar-refractivity contribution < 1.29 is 52.7 Å². The molecule has 0 fully saturated rings. The molecule has 1 amide bonds. The smallest absolute Gasteiger partial charge is 0.332 e. The number of carbonyl (C=O) groups excluding carboxylic acids is 1. The molecule has 96 heavy (non-hydrogen) atoms. The van der Waals surface area contributed by atoms with Gasteiger partial charge >= 0.3 is 12.4 Å². The maximum Gasteiger partial charge on any atom is 0.416 e. The van der Waals surface area contributed by atoms with Crippen LogP contribution >= 0.6 is 0 Å². The summed E-state index contributed by atoms with van der Waals surface area (Å²) < 4.78 is 151. The molecule has 11 aromatic rings. The van der Waals surface area contributed by atoms with E-state index in [9.17, 15) is 67.1 Å². The molecular formula is C71H64F9N9O6S. The molecule has 3 heterocycles. The van der Waals surface area contributed by atoms with E-state index in [1.165, 1.54) is 89.7 Å². The van der Waals surface area contributed by atoms with Crippen LogP contribution in [0.5, 0.6) is 0 Å². The van der Waals surface area contributed by atoms with E-state index in [1.807, 2.05) is 18.2 Å². The molecule has 11 rings (SSSR count). The zero-order valence-corrected chi connectivity index (χ0v) is 53.6. The Morgan fingerprint density at radius 3 is 1.18 bits per heavy atom. The van der Waals surface area contributed by atoms with Gasteiger partial charge in [-0.25, -0.2) is 36.5 Å². The Labute approximate surface area is 545 Å². The highest BCUT2D eigenvalue weighted by atomic mass is 32.2. The first-order chi connectivity index (χ1) is 45.5. The first kappa shape index (κ1) is 70.2. The molecule has 0 saturated heterocycles. The molecule has 3 unspecified atom stereocenters. The number of amides is 1. The predicted octanol–water partition coefficient (Wildman–Crippen LogP) is 15.0. The highest BCUT2D eigenvalue weighted by Crippen LogP contribution is 2.35. The van der Waals surface area contributed by atoms with Gasteiger partial charge in [-0.05, 0) is 192 Å². The van der Waals surface area contributed by atoms with E-state index in [1.54, 1.807) is 78.2 Å². The van der Waals surface area contributed by atoms with E-state index < -0.39 is 79.1 Å². The summed E-state index contributed by atoms with van der Waals surface area (Å²) in [6.07, 6.45) is -7.26. The number of para-hydroxylation sites is 3. The minimum atomic E-state index is -4.72. The first-order valence-corrected chi connectivity index (χ1v) is 31.7. The average molecular weight is 1340 g/mol. The minimum absolute atomic E-state index is 0.0124. The summed E-state index contributed by atoms with van der Waals surface area (Å²) in [5.74, 6) is -1.14. The van der Waals surface area contributed by atoms with Gasteiger partial charge in [-0.15, -0.1) is 0 Å². The third kappa shape index (κ3) is 15.2. The van der Waals surface area contributed by atoms with E-state index in [2.05, 4.69) is 35.6 Å². The van der Waals surface area contributed by atoms with Gasteiger partial charge in [0.05, 0.1) is 83.9 Å². The van der Waals surface area contributed by atoms with Gasteiger partial charge in [0.2, 0.25) is 10.0 Å². The summed E-state index contributed by atoms with van der Waals surface area (Å²) in [4.78, 5) is 70.0. The number of aromatic nitrogens is 6. The number of hydrogen-bond acceptors (Lipinski definition) is 10. The van der Waals surface area contributed by atoms with E-state index in [0.717, 1.165) is 78.8 Å². The maximum absolute atomic E-state index is 13.5. The van der Waals surface area contributed by atoms with Crippen molar-refractivity contribution in [1.82, 2.24) is 42.8 Å². The van der Waals surface area contributed by atoms with E-state index in [4.69, 9.17) is 4.98 Å². The average Bonchev–Trinajstić information content (AvgIpc) is 0.806. The minimum Gasteiger partial charge on any atom is -0.332 e. The molecule has 0 saturated carbocycles. The second-order valence-corrected chi connectivity index (χ2v) is 24.4. The largest absolute Gasteiger partial charge is 0.416 e. The third-order valence-corrected chi connectivity index (χ3v) is 18.0. The molecule has 498 valence electrons. The van der Waals surface area contributed by atoms with Crippen LogP contribution in [0, 0.1) is 17.5 Å². The molecule has 3 atom stereocenters.